The van der Waals surface area contributed by atoms with E-state index in [2.05, 4.69) is 16.1 Å². The first-order valence-electron chi connectivity index (χ1n) is 7.98. The molecule has 0 spiro atoms. The lowest BCUT2D eigenvalue weighted by molar-refractivity contribution is -0.369. The highest BCUT2D eigenvalue weighted by molar-refractivity contribution is 5.93. The molecule has 0 aliphatic carbocycles. The first-order valence-corrected chi connectivity index (χ1v) is 7.98. The van der Waals surface area contributed by atoms with Gasteiger partial charge in [-0.1, -0.05) is 6.58 Å². The van der Waals surface area contributed by atoms with Crippen molar-refractivity contribution in [3.05, 3.63) is 12.2 Å². The van der Waals surface area contributed by atoms with E-state index in [0.717, 1.165) is 0 Å². The van der Waals surface area contributed by atoms with Gasteiger partial charge in [-0.15, -0.1) is 0 Å². The topological polar surface area (TPSA) is 52.6 Å². The second-order valence-corrected chi connectivity index (χ2v) is 6.35. The van der Waals surface area contributed by atoms with Crippen molar-refractivity contribution in [2.75, 3.05) is 0 Å². The fourth-order valence-electron chi connectivity index (χ4n) is 1.77. The van der Waals surface area contributed by atoms with E-state index in [1.165, 1.54) is 0 Å². The largest absolute Gasteiger partial charge is 0.460 e. The van der Waals surface area contributed by atoms with Crippen molar-refractivity contribution in [2.45, 2.75) is 68.5 Å². The number of carbonyl (C=O) groups is 2. The average molecular weight is 522 g/mol. The fraction of sp³-hybridized carbons (Fsp3) is 0.733. The highest BCUT2D eigenvalue weighted by atomic mass is 19.4. The van der Waals surface area contributed by atoms with Gasteiger partial charge in [0.1, 0.15) is 0 Å². The summed E-state index contributed by atoms with van der Waals surface area (Å²) in [6.07, 6.45) is -22.2. The summed E-state index contributed by atoms with van der Waals surface area (Å²) in [6.45, 7) is 2.45. The number of esters is 2. The van der Waals surface area contributed by atoms with E-state index in [0.29, 0.717) is 0 Å². The van der Waals surface area contributed by atoms with Crippen LogP contribution in [0.1, 0.15) is 20.3 Å². The van der Waals surface area contributed by atoms with Gasteiger partial charge in [-0.2, -0.15) is 61.5 Å². The lowest BCUT2D eigenvalue weighted by atomic mass is 10.1. The molecule has 0 saturated heterocycles. The van der Waals surface area contributed by atoms with Gasteiger partial charge in [0.05, 0.1) is 6.42 Å². The zero-order chi connectivity index (χ0) is 27.0. The van der Waals surface area contributed by atoms with E-state index in [1.807, 2.05) is 0 Å². The Hall–Kier alpha value is -2.30. The van der Waals surface area contributed by atoms with Crippen LogP contribution in [0.5, 0.6) is 0 Å². The average Bonchev–Trinajstić information content (AvgIpc) is 2.58. The van der Waals surface area contributed by atoms with Crippen molar-refractivity contribution in [3.8, 4) is 0 Å². The van der Waals surface area contributed by atoms with Crippen molar-refractivity contribution in [1.29, 1.82) is 0 Å². The zero-order valence-corrected chi connectivity index (χ0v) is 16.0. The molecule has 0 rings (SSSR count). The third kappa shape index (κ3) is 5.99. The number of hydrogen-bond donors (Lipinski definition) is 0. The molecule has 0 aliphatic heterocycles. The van der Waals surface area contributed by atoms with Crippen molar-refractivity contribution < 1.29 is 80.5 Å². The molecule has 0 aromatic rings. The van der Waals surface area contributed by atoms with Gasteiger partial charge in [0.2, 0.25) is 0 Å². The molecule has 0 radical (unpaired) electrons. The van der Waals surface area contributed by atoms with E-state index in [9.17, 15) is 71.1 Å². The lowest BCUT2D eigenvalue weighted by Gasteiger charge is -2.32. The number of halogens is 14. The van der Waals surface area contributed by atoms with Crippen LogP contribution in [0.3, 0.4) is 0 Å². The monoisotopic (exact) mass is 522 g/mol. The molecule has 18 heteroatoms. The quantitative estimate of drug-likeness (QED) is 0.229. The Kier molecular flexibility index (Phi) is 8.51. The van der Waals surface area contributed by atoms with E-state index in [-0.39, 0.29) is 13.8 Å². The summed E-state index contributed by atoms with van der Waals surface area (Å²) < 4.78 is 185. The second kappa shape index (κ2) is 9.15. The van der Waals surface area contributed by atoms with Gasteiger partial charge in [-0.05, 0) is 13.8 Å². The predicted molar refractivity (Wildman–Crippen MR) is 76.8 cm³/mol. The standard InChI is InChI=1S/C15H12F14O4/c1-5(9(31)33-7(3)11(18,19)13(22,23)15(27,28)29)4-8(30)32-6(2)10(16,17)12(20,21)14(24,25)26/h6-7H,1,4H2,2-3H3. The van der Waals surface area contributed by atoms with Crippen LogP contribution in [0.15, 0.2) is 12.2 Å². The summed E-state index contributed by atoms with van der Waals surface area (Å²) in [5.41, 5.74) is -1.39. The maximum Gasteiger partial charge on any atom is 0.460 e. The minimum absolute atomic E-state index is 0.0967. The molecule has 2 atom stereocenters. The smallest absolute Gasteiger partial charge is 0.456 e. The maximum atomic E-state index is 13.4. The Labute approximate surface area is 174 Å². The third-order valence-corrected chi connectivity index (χ3v) is 3.81. The highest BCUT2D eigenvalue weighted by Gasteiger charge is 2.76. The molecule has 0 heterocycles. The maximum absolute atomic E-state index is 13.4. The minimum Gasteiger partial charge on any atom is -0.456 e. The molecule has 0 saturated carbocycles. The Morgan fingerprint density at radius 3 is 1.27 bits per heavy atom. The Morgan fingerprint density at radius 2 is 0.970 bits per heavy atom. The van der Waals surface area contributed by atoms with Gasteiger partial charge in [0.15, 0.2) is 12.2 Å². The molecular weight excluding hydrogens is 510 g/mol. The highest BCUT2D eigenvalue weighted by Crippen LogP contribution is 2.49. The summed E-state index contributed by atoms with van der Waals surface area (Å²) in [5, 5.41) is 0. The number of alkyl halides is 14. The van der Waals surface area contributed by atoms with Crippen molar-refractivity contribution >= 4 is 11.9 Å². The van der Waals surface area contributed by atoms with Crippen LogP contribution >= 0.6 is 0 Å². The van der Waals surface area contributed by atoms with Crippen molar-refractivity contribution in [3.63, 3.8) is 0 Å². The van der Waals surface area contributed by atoms with Crippen LogP contribution in [0.2, 0.25) is 0 Å². The molecule has 0 bridgehead atoms. The molecule has 194 valence electrons. The second-order valence-electron chi connectivity index (χ2n) is 6.35. The van der Waals surface area contributed by atoms with Crippen LogP contribution in [0.4, 0.5) is 61.5 Å². The summed E-state index contributed by atoms with van der Waals surface area (Å²) in [5.74, 6) is -29.8. The summed E-state index contributed by atoms with van der Waals surface area (Å²) >= 11 is 0. The number of rotatable bonds is 9. The number of hydrogen-bond acceptors (Lipinski definition) is 4. The molecule has 0 aromatic heterocycles. The van der Waals surface area contributed by atoms with E-state index >= 15 is 0 Å². The van der Waals surface area contributed by atoms with Gasteiger partial charge < -0.3 is 9.47 Å². The Bertz CT molecular complexity index is 753. The third-order valence-electron chi connectivity index (χ3n) is 3.81. The number of carbonyl (C=O) groups excluding carboxylic acids is 2. The van der Waals surface area contributed by atoms with Crippen LogP contribution in [0.25, 0.3) is 0 Å². The molecule has 2 unspecified atom stereocenters. The van der Waals surface area contributed by atoms with Crippen LogP contribution in [-0.4, -0.2) is 60.2 Å². The molecule has 0 aromatic carbocycles. The SMILES string of the molecule is C=C(CC(=O)OC(C)C(F)(F)C(F)(F)C(F)(F)F)C(=O)OC(C)C(F)(F)C(F)(F)C(F)(F)F. The molecule has 0 aliphatic rings. The molecule has 33 heavy (non-hydrogen) atoms. The normalized spacial score (nSPS) is 16.1. The Morgan fingerprint density at radius 1 is 0.667 bits per heavy atom. The van der Waals surface area contributed by atoms with Crippen LogP contribution in [-0.2, 0) is 19.1 Å². The van der Waals surface area contributed by atoms with E-state index in [1.54, 1.807) is 0 Å². The van der Waals surface area contributed by atoms with E-state index < -0.39 is 72.2 Å². The van der Waals surface area contributed by atoms with Gasteiger partial charge in [0.25, 0.3) is 0 Å². The van der Waals surface area contributed by atoms with Crippen LogP contribution < -0.4 is 0 Å². The van der Waals surface area contributed by atoms with Crippen LogP contribution in [0, 0.1) is 0 Å². The van der Waals surface area contributed by atoms with Gasteiger partial charge >= 0.3 is 48.0 Å². The summed E-state index contributed by atoms with van der Waals surface area (Å²) in [6, 6.07) is 0. The number of ether oxygens (including phenoxy) is 2. The van der Waals surface area contributed by atoms with Gasteiger partial charge in [-0.25, -0.2) is 4.79 Å². The Balaban J connectivity index is 5.25. The molecular formula is C15H12F14O4. The van der Waals surface area contributed by atoms with Crippen molar-refractivity contribution in [1.82, 2.24) is 0 Å². The summed E-state index contributed by atoms with van der Waals surface area (Å²) in [4.78, 5) is 22.9. The molecule has 4 nitrogen and oxygen atoms in total. The van der Waals surface area contributed by atoms with Gasteiger partial charge in [-0.3, -0.25) is 4.79 Å². The van der Waals surface area contributed by atoms with Crippen molar-refractivity contribution in [2.24, 2.45) is 0 Å². The zero-order valence-electron chi connectivity index (χ0n) is 16.0. The molecule has 0 amide bonds. The first kappa shape index (κ1) is 30.7. The fourth-order valence-corrected chi connectivity index (χ4v) is 1.77. The summed E-state index contributed by atoms with van der Waals surface area (Å²) in [7, 11) is 0. The lowest BCUT2D eigenvalue weighted by Crippen LogP contribution is -2.58. The molecule has 0 N–H and O–H groups in total. The predicted octanol–water partition coefficient (Wildman–Crippen LogP) is 5.46. The van der Waals surface area contributed by atoms with E-state index in [4.69, 9.17) is 0 Å². The molecule has 0 fully saturated rings. The van der Waals surface area contributed by atoms with Gasteiger partial charge in [0, 0.05) is 5.57 Å². The minimum atomic E-state index is -6.78. The first-order chi connectivity index (χ1) is 14.2.